The monoisotopic (exact) mass is 521 g/mol. The molecule has 1 N–H and O–H groups in total. The number of anilines is 3. The van der Waals surface area contributed by atoms with E-state index in [9.17, 15) is 13.6 Å². The van der Waals surface area contributed by atoms with E-state index >= 15 is 0 Å². The summed E-state index contributed by atoms with van der Waals surface area (Å²) in [6.07, 6.45) is 13.9. The van der Waals surface area contributed by atoms with Crippen LogP contribution in [0.25, 0.3) is 0 Å². The van der Waals surface area contributed by atoms with Gasteiger partial charge in [-0.25, -0.2) is 8.78 Å². The van der Waals surface area contributed by atoms with Crippen molar-refractivity contribution in [3.05, 3.63) is 83.9 Å². The number of benzene rings is 1. The predicted octanol–water partition coefficient (Wildman–Crippen LogP) is 5.22. The Balaban J connectivity index is 1.52. The van der Waals surface area contributed by atoms with Gasteiger partial charge >= 0.3 is 0 Å². The zero-order chi connectivity index (χ0) is 27.2. The summed E-state index contributed by atoms with van der Waals surface area (Å²) >= 11 is 0. The maximum atomic E-state index is 14.2. The van der Waals surface area contributed by atoms with Gasteiger partial charge in [0.25, 0.3) is 0 Å². The van der Waals surface area contributed by atoms with Gasteiger partial charge in [-0.15, -0.1) is 0 Å². The number of halogens is 2. The fourth-order valence-electron chi connectivity index (χ4n) is 5.78. The van der Waals surface area contributed by atoms with E-state index in [1.165, 1.54) is 5.56 Å². The summed E-state index contributed by atoms with van der Waals surface area (Å²) in [7, 11) is 2.14. The fourth-order valence-corrected chi connectivity index (χ4v) is 5.78. The number of aromatic nitrogens is 1. The lowest BCUT2D eigenvalue weighted by atomic mass is 9.82. The lowest BCUT2D eigenvalue weighted by Crippen LogP contribution is -2.47. The minimum absolute atomic E-state index is 0.00371. The molecule has 8 heteroatoms. The number of amides is 1. The van der Waals surface area contributed by atoms with E-state index < -0.39 is 11.6 Å². The standard InChI is InChI=1S/C30H37F2N5O/c1-5-28(22(3)24-9-7-6-8-10-27(24)34-20-38)35(4)29-17-23(12-11-21(29)2)36-13-15-37(16-14-36)30-25(31)18-33-19-26(30)32/h6-12,17-20,22,24,28H,5,13-16H2,1-4H3,(H,34,38). The minimum Gasteiger partial charge on any atom is -0.371 e. The number of piperazine rings is 1. The highest BCUT2D eigenvalue weighted by Crippen LogP contribution is 2.34. The van der Waals surface area contributed by atoms with Crippen LogP contribution in [-0.2, 0) is 4.79 Å². The van der Waals surface area contributed by atoms with Crippen LogP contribution in [0, 0.1) is 30.4 Å². The van der Waals surface area contributed by atoms with E-state index in [0.717, 1.165) is 42.3 Å². The average molecular weight is 522 g/mol. The first-order chi connectivity index (χ1) is 18.3. The Kier molecular flexibility index (Phi) is 8.81. The number of hydrogen-bond acceptors (Lipinski definition) is 5. The second kappa shape index (κ2) is 12.2. The molecule has 0 radical (unpaired) electrons. The first-order valence-corrected chi connectivity index (χ1v) is 13.2. The van der Waals surface area contributed by atoms with Crippen molar-refractivity contribution >= 4 is 23.5 Å². The van der Waals surface area contributed by atoms with Crippen molar-refractivity contribution in [2.24, 2.45) is 11.8 Å². The summed E-state index contributed by atoms with van der Waals surface area (Å²) in [5.74, 6) is -0.944. The smallest absolute Gasteiger partial charge is 0.211 e. The second-order valence-electron chi connectivity index (χ2n) is 10.0. The molecule has 2 heterocycles. The third-order valence-corrected chi connectivity index (χ3v) is 7.85. The predicted molar refractivity (Wildman–Crippen MR) is 150 cm³/mol. The van der Waals surface area contributed by atoms with E-state index in [4.69, 9.17) is 0 Å². The average Bonchev–Trinajstić information content (AvgIpc) is 3.15. The first kappa shape index (κ1) is 27.4. The molecule has 0 spiro atoms. The SMILES string of the molecule is CCC(C(C)C1C=CC=CC=C1NC=O)N(C)c1cc(N2CCN(c3c(F)cncc3F)CC2)ccc1C. The number of carbonyl (C=O) groups excluding carboxylic acids is 1. The quantitative estimate of drug-likeness (QED) is 0.459. The summed E-state index contributed by atoms with van der Waals surface area (Å²) in [6.45, 7) is 8.91. The molecule has 202 valence electrons. The largest absolute Gasteiger partial charge is 0.371 e. The summed E-state index contributed by atoms with van der Waals surface area (Å²) in [5, 5.41) is 2.90. The summed E-state index contributed by atoms with van der Waals surface area (Å²) < 4.78 is 28.5. The Morgan fingerprint density at radius 2 is 1.79 bits per heavy atom. The van der Waals surface area contributed by atoms with Crippen molar-refractivity contribution in [1.82, 2.24) is 10.3 Å². The van der Waals surface area contributed by atoms with Crippen LogP contribution >= 0.6 is 0 Å². The number of aryl methyl sites for hydroxylation is 1. The van der Waals surface area contributed by atoms with Crippen molar-refractivity contribution < 1.29 is 13.6 Å². The molecular weight excluding hydrogens is 484 g/mol. The van der Waals surface area contributed by atoms with Crippen molar-refractivity contribution in [3.8, 4) is 0 Å². The summed E-state index contributed by atoms with van der Waals surface area (Å²) in [5.41, 5.74) is 4.33. The number of hydrogen-bond donors (Lipinski definition) is 1. The van der Waals surface area contributed by atoms with Crippen LogP contribution in [0.2, 0.25) is 0 Å². The van der Waals surface area contributed by atoms with E-state index in [2.05, 4.69) is 72.2 Å². The van der Waals surface area contributed by atoms with E-state index in [1.54, 1.807) is 4.90 Å². The first-order valence-electron chi connectivity index (χ1n) is 13.2. The molecule has 3 unspecified atom stereocenters. The molecule has 1 aliphatic carbocycles. The molecule has 0 bridgehead atoms. The molecule has 1 aromatic carbocycles. The number of allylic oxidation sites excluding steroid dienone is 5. The fraction of sp³-hybridized carbons (Fsp3) is 0.400. The van der Waals surface area contributed by atoms with Crippen LogP contribution in [0.4, 0.5) is 25.8 Å². The molecule has 38 heavy (non-hydrogen) atoms. The van der Waals surface area contributed by atoms with Crippen molar-refractivity contribution in [1.29, 1.82) is 0 Å². The van der Waals surface area contributed by atoms with Gasteiger partial charge in [0.2, 0.25) is 6.41 Å². The van der Waals surface area contributed by atoms with E-state index in [-0.39, 0.29) is 23.6 Å². The molecule has 0 saturated carbocycles. The highest BCUT2D eigenvalue weighted by atomic mass is 19.1. The van der Waals surface area contributed by atoms with Crippen LogP contribution in [-0.4, -0.2) is 50.7 Å². The molecule has 2 aromatic rings. The lowest BCUT2D eigenvalue weighted by Gasteiger charge is -2.40. The molecule has 1 aromatic heterocycles. The molecule has 2 aliphatic rings. The van der Waals surface area contributed by atoms with Gasteiger partial charge in [0, 0.05) is 62.3 Å². The number of nitrogens with zero attached hydrogens (tertiary/aromatic N) is 4. The van der Waals surface area contributed by atoms with Crippen LogP contribution in [0.3, 0.4) is 0 Å². The lowest BCUT2D eigenvalue weighted by molar-refractivity contribution is -0.109. The Hall–Kier alpha value is -3.68. The molecule has 1 aliphatic heterocycles. The number of carbonyl (C=O) groups is 1. The van der Waals surface area contributed by atoms with Gasteiger partial charge in [0.1, 0.15) is 5.69 Å². The maximum absolute atomic E-state index is 14.2. The van der Waals surface area contributed by atoms with Crippen molar-refractivity contribution in [2.45, 2.75) is 33.2 Å². The highest BCUT2D eigenvalue weighted by Gasteiger charge is 2.30. The van der Waals surface area contributed by atoms with Gasteiger partial charge in [-0.1, -0.05) is 44.2 Å². The third kappa shape index (κ3) is 5.74. The summed E-state index contributed by atoms with van der Waals surface area (Å²) in [6, 6.07) is 6.71. The van der Waals surface area contributed by atoms with Gasteiger partial charge in [-0.2, -0.15) is 0 Å². The molecule has 4 rings (SSSR count). The number of pyridine rings is 1. The highest BCUT2D eigenvalue weighted by molar-refractivity contribution is 5.64. The van der Waals surface area contributed by atoms with E-state index in [1.807, 2.05) is 24.3 Å². The van der Waals surface area contributed by atoms with Gasteiger partial charge < -0.3 is 20.0 Å². The third-order valence-electron chi connectivity index (χ3n) is 7.85. The second-order valence-corrected chi connectivity index (χ2v) is 10.0. The number of nitrogens with one attached hydrogen (secondary N) is 1. The van der Waals surface area contributed by atoms with Crippen molar-refractivity contribution in [3.63, 3.8) is 0 Å². The maximum Gasteiger partial charge on any atom is 0.211 e. The zero-order valence-corrected chi connectivity index (χ0v) is 22.6. The van der Waals surface area contributed by atoms with Crippen LogP contribution < -0.4 is 20.0 Å². The molecule has 6 nitrogen and oxygen atoms in total. The van der Waals surface area contributed by atoms with Gasteiger partial charge in [-0.05, 0) is 43.0 Å². The Morgan fingerprint density at radius 1 is 1.11 bits per heavy atom. The van der Waals surface area contributed by atoms with Crippen LogP contribution in [0.15, 0.2) is 66.7 Å². The molecule has 1 amide bonds. The van der Waals surface area contributed by atoms with E-state index in [0.29, 0.717) is 26.2 Å². The van der Waals surface area contributed by atoms with Gasteiger partial charge in [-0.3, -0.25) is 9.78 Å². The zero-order valence-electron chi connectivity index (χ0n) is 22.6. The molecule has 1 saturated heterocycles. The van der Waals surface area contributed by atoms with Crippen LogP contribution in [0.1, 0.15) is 25.8 Å². The topological polar surface area (TPSA) is 51.7 Å². The normalized spacial score (nSPS) is 19.0. The molecular formula is C30H37F2N5O. The molecule has 3 atom stereocenters. The summed E-state index contributed by atoms with van der Waals surface area (Å²) in [4.78, 5) is 21.2. The van der Waals surface area contributed by atoms with Crippen LogP contribution in [0.5, 0.6) is 0 Å². The Morgan fingerprint density at radius 3 is 2.45 bits per heavy atom. The van der Waals surface area contributed by atoms with Crippen molar-refractivity contribution in [2.75, 3.05) is 47.9 Å². The minimum atomic E-state index is -0.627. The number of rotatable bonds is 9. The Bertz CT molecular complexity index is 1200. The van der Waals surface area contributed by atoms with Gasteiger partial charge in [0.05, 0.1) is 12.4 Å². The Labute approximate surface area is 224 Å². The van der Waals surface area contributed by atoms with Gasteiger partial charge in [0.15, 0.2) is 11.6 Å². The molecule has 1 fully saturated rings.